The van der Waals surface area contributed by atoms with Gasteiger partial charge in [0, 0.05) is 35.4 Å². The van der Waals surface area contributed by atoms with E-state index in [-0.39, 0.29) is 0 Å². The monoisotopic (exact) mass is 354 g/mol. The molecule has 1 aromatic carbocycles. The van der Waals surface area contributed by atoms with Crippen molar-refractivity contribution in [1.29, 1.82) is 0 Å². The predicted molar refractivity (Wildman–Crippen MR) is 91.8 cm³/mol. The number of carboxylic acid groups (broad SMARTS) is 1. The number of benzene rings is 1. The van der Waals surface area contributed by atoms with E-state index in [1.165, 1.54) is 6.08 Å². The van der Waals surface area contributed by atoms with Gasteiger partial charge in [0.1, 0.15) is 0 Å². The van der Waals surface area contributed by atoms with Crippen LogP contribution in [0, 0.1) is 0 Å². The summed E-state index contributed by atoms with van der Waals surface area (Å²) >= 11 is 3.44. The van der Waals surface area contributed by atoms with Gasteiger partial charge in [0.25, 0.3) is 0 Å². The molecule has 0 bridgehead atoms. The SMILES string of the molecule is CCN(c1ccc(Br)cc1/C=C/C(=O)O)C(C)CN(C)C. The molecular formula is C16H23BrN2O2. The van der Waals surface area contributed by atoms with Gasteiger partial charge < -0.3 is 14.9 Å². The van der Waals surface area contributed by atoms with Crippen LogP contribution >= 0.6 is 15.9 Å². The van der Waals surface area contributed by atoms with Gasteiger partial charge in [-0.05, 0) is 57.8 Å². The van der Waals surface area contributed by atoms with Crippen LogP contribution in [0.2, 0.25) is 0 Å². The number of hydrogen-bond acceptors (Lipinski definition) is 3. The molecule has 0 saturated carbocycles. The van der Waals surface area contributed by atoms with Gasteiger partial charge >= 0.3 is 5.97 Å². The highest BCUT2D eigenvalue weighted by Gasteiger charge is 2.16. The zero-order chi connectivity index (χ0) is 16.0. The molecule has 21 heavy (non-hydrogen) atoms. The minimum absolute atomic E-state index is 0.336. The van der Waals surface area contributed by atoms with E-state index >= 15 is 0 Å². The number of aliphatic carboxylic acids is 1. The highest BCUT2D eigenvalue weighted by atomic mass is 79.9. The molecule has 0 aromatic heterocycles. The molecule has 1 rings (SSSR count). The van der Waals surface area contributed by atoms with E-state index in [2.05, 4.69) is 53.7 Å². The average Bonchev–Trinajstić information content (AvgIpc) is 2.38. The summed E-state index contributed by atoms with van der Waals surface area (Å²) in [7, 11) is 4.11. The molecule has 1 atom stereocenters. The summed E-state index contributed by atoms with van der Waals surface area (Å²) in [5.74, 6) is -0.940. The Labute approximate surface area is 135 Å². The molecule has 0 fully saturated rings. The van der Waals surface area contributed by atoms with Gasteiger partial charge in [0.05, 0.1) is 0 Å². The van der Waals surface area contributed by atoms with Crippen LogP contribution in [-0.2, 0) is 4.79 Å². The standard InChI is InChI=1S/C16H23BrN2O2/c1-5-19(12(2)11-18(3)4)15-8-7-14(17)10-13(15)6-9-16(20)21/h6-10,12H,5,11H2,1-4H3,(H,20,21)/b9-6+. The fourth-order valence-corrected chi connectivity index (χ4v) is 2.81. The van der Waals surface area contributed by atoms with Gasteiger partial charge in [-0.3, -0.25) is 0 Å². The number of anilines is 1. The van der Waals surface area contributed by atoms with E-state index in [4.69, 9.17) is 5.11 Å². The largest absolute Gasteiger partial charge is 0.478 e. The van der Waals surface area contributed by atoms with Gasteiger partial charge in [-0.25, -0.2) is 4.79 Å². The summed E-state index contributed by atoms with van der Waals surface area (Å²) in [5.41, 5.74) is 1.95. The Hall–Kier alpha value is -1.33. The van der Waals surface area contributed by atoms with Crippen LogP contribution in [0.4, 0.5) is 5.69 Å². The normalized spacial score (nSPS) is 12.9. The number of rotatable bonds is 7. The molecule has 4 nitrogen and oxygen atoms in total. The molecule has 1 aromatic rings. The predicted octanol–water partition coefficient (Wildman–Crippen LogP) is 3.32. The van der Waals surface area contributed by atoms with Crippen molar-refractivity contribution in [2.24, 2.45) is 0 Å². The van der Waals surface area contributed by atoms with E-state index in [0.717, 1.165) is 28.8 Å². The third kappa shape index (κ3) is 5.52. The van der Waals surface area contributed by atoms with Crippen molar-refractivity contribution >= 4 is 33.7 Å². The van der Waals surface area contributed by atoms with Gasteiger partial charge in [-0.1, -0.05) is 15.9 Å². The van der Waals surface area contributed by atoms with Gasteiger partial charge in [-0.15, -0.1) is 0 Å². The van der Waals surface area contributed by atoms with E-state index in [1.807, 2.05) is 18.2 Å². The summed E-state index contributed by atoms with van der Waals surface area (Å²) < 4.78 is 0.938. The Balaban J connectivity index is 3.16. The Bertz CT molecular complexity index is 515. The van der Waals surface area contributed by atoms with Gasteiger partial charge in [0.2, 0.25) is 0 Å². The molecule has 0 heterocycles. The summed E-state index contributed by atoms with van der Waals surface area (Å²) in [5, 5.41) is 8.84. The van der Waals surface area contributed by atoms with Crippen molar-refractivity contribution in [3.8, 4) is 0 Å². The van der Waals surface area contributed by atoms with E-state index in [0.29, 0.717) is 6.04 Å². The molecule has 1 unspecified atom stereocenters. The molecular weight excluding hydrogens is 332 g/mol. The van der Waals surface area contributed by atoms with Crippen molar-refractivity contribution in [2.45, 2.75) is 19.9 Å². The lowest BCUT2D eigenvalue weighted by Crippen LogP contribution is -2.40. The average molecular weight is 355 g/mol. The lowest BCUT2D eigenvalue weighted by Gasteiger charge is -2.33. The number of carbonyl (C=O) groups is 1. The highest BCUT2D eigenvalue weighted by molar-refractivity contribution is 9.10. The van der Waals surface area contributed by atoms with Crippen LogP contribution in [0.15, 0.2) is 28.7 Å². The first-order valence-corrected chi connectivity index (χ1v) is 7.76. The Morgan fingerprint density at radius 1 is 1.43 bits per heavy atom. The first kappa shape index (κ1) is 17.7. The Kier molecular flexibility index (Phi) is 6.92. The van der Waals surface area contributed by atoms with Crippen LogP contribution in [0.1, 0.15) is 19.4 Å². The molecule has 0 spiro atoms. The van der Waals surface area contributed by atoms with E-state index in [9.17, 15) is 4.79 Å². The summed E-state index contributed by atoms with van der Waals surface area (Å²) in [6.45, 7) is 6.09. The summed E-state index contributed by atoms with van der Waals surface area (Å²) in [6.07, 6.45) is 2.82. The van der Waals surface area contributed by atoms with E-state index in [1.54, 1.807) is 6.08 Å². The topological polar surface area (TPSA) is 43.8 Å². The first-order chi connectivity index (χ1) is 9.85. The second kappa shape index (κ2) is 8.20. The summed E-state index contributed by atoms with van der Waals surface area (Å²) in [4.78, 5) is 15.2. The van der Waals surface area contributed by atoms with Crippen LogP contribution in [0.25, 0.3) is 6.08 Å². The molecule has 0 radical (unpaired) electrons. The molecule has 0 aliphatic carbocycles. The maximum Gasteiger partial charge on any atom is 0.328 e. The number of nitrogens with zero attached hydrogens (tertiary/aromatic N) is 2. The molecule has 0 aliphatic rings. The third-order valence-corrected chi connectivity index (χ3v) is 3.70. The molecule has 1 N–H and O–H groups in total. The zero-order valence-corrected chi connectivity index (χ0v) is 14.6. The van der Waals surface area contributed by atoms with Crippen molar-refractivity contribution in [2.75, 3.05) is 32.1 Å². The quantitative estimate of drug-likeness (QED) is 0.762. The first-order valence-electron chi connectivity index (χ1n) is 6.97. The highest BCUT2D eigenvalue weighted by Crippen LogP contribution is 2.27. The Morgan fingerprint density at radius 2 is 2.10 bits per heavy atom. The molecule has 116 valence electrons. The molecule has 0 saturated heterocycles. The number of likely N-dealkylation sites (N-methyl/N-ethyl adjacent to an activating group) is 2. The summed E-state index contributed by atoms with van der Waals surface area (Å²) in [6, 6.07) is 6.29. The van der Waals surface area contributed by atoms with Crippen molar-refractivity contribution in [3.63, 3.8) is 0 Å². The number of carboxylic acids is 1. The van der Waals surface area contributed by atoms with Gasteiger partial charge in [-0.2, -0.15) is 0 Å². The molecule has 0 amide bonds. The lowest BCUT2D eigenvalue weighted by atomic mass is 10.1. The van der Waals surface area contributed by atoms with Crippen LogP contribution in [-0.4, -0.2) is 49.2 Å². The second-order valence-electron chi connectivity index (χ2n) is 5.27. The van der Waals surface area contributed by atoms with Crippen LogP contribution in [0.5, 0.6) is 0 Å². The van der Waals surface area contributed by atoms with Crippen molar-refractivity contribution in [3.05, 3.63) is 34.3 Å². The smallest absolute Gasteiger partial charge is 0.328 e. The second-order valence-corrected chi connectivity index (χ2v) is 6.19. The minimum Gasteiger partial charge on any atom is -0.478 e. The zero-order valence-electron chi connectivity index (χ0n) is 13.0. The van der Waals surface area contributed by atoms with Crippen molar-refractivity contribution in [1.82, 2.24) is 4.90 Å². The number of halogens is 1. The third-order valence-electron chi connectivity index (χ3n) is 3.21. The maximum absolute atomic E-state index is 10.8. The van der Waals surface area contributed by atoms with Gasteiger partial charge in [0.15, 0.2) is 0 Å². The Morgan fingerprint density at radius 3 is 2.62 bits per heavy atom. The fourth-order valence-electron chi connectivity index (χ4n) is 2.43. The van der Waals surface area contributed by atoms with Crippen LogP contribution in [0.3, 0.4) is 0 Å². The minimum atomic E-state index is -0.940. The molecule has 5 heteroatoms. The van der Waals surface area contributed by atoms with E-state index < -0.39 is 5.97 Å². The molecule has 0 aliphatic heterocycles. The fraction of sp³-hybridized carbons (Fsp3) is 0.438. The lowest BCUT2D eigenvalue weighted by molar-refractivity contribution is -0.131. The number of hydrogen-bond donors (Lipinski definition) is 1. The van der Waals surface area contributed by atoms with Crippen LogP contribution < -0.4 is 4.90 Å². The van der Waals surface area contributed by atoms with Crippen molar-refractivity contribution < 1.29 is 9.90 Å². The maximum atomic E-state index is 10.8.